The van der Waals surface area contributed by atoms with Crippen molar-refractivity contribution in [2.24, 2.45) is 0 Å². The first kappa shape index (κ1) is 18.1. The van der Waals surface area contributed by atoms with Gasteiger partial charge in [-0.1, -0.05) is 6.07 Å². The molecule has 2 aromatic rings. The zero-order valence-corrected chi connectivity index (χ0v) is 13.0. The quantitative estimate of drug-likeness (QED) is 0.352. The largest absolute Gasteiger partial charge is 0.394 e. The maximum absolute atomic E-state index is 11.7. The van der Waals surface area contributed by atoms with Gasteiger partial charge in [-0.25, -0.2) is 0 Å². The highest BCUT2D eigenvalue weighted by Gasteiger charge is 2.31. The predicted octanol–water partition coefficient (Wildman–Crippen LogP) is -1.11. The van der Waals surface area contributed by atoms with Crippen LogP contribution in [0.25, 0.3) is 10.9 Å². The molecule has 0 saturated carbocycles. The van der Waals surface area contributed by atoms with E-state index in [0.29, 0.717) is 23.1 Å². The van der Waals surface area contributed by atoms with Crippen molar-refractivity contribution in [1.29, 1.82) is 0 Å². The molecule has 0 amide bonds. The van der Waals surface area contributed by atoms with Crippen LogP contribution in [0.15, 0.2) is 29.1 Å². The second-order valence-corrected chi connectivity index (χ2v) is 5.62. The van der Waals surface area contributed by atoms with E-state index in [0.717, 1.165) is 5.39 Å². The van der Waals surface area contributed by atoms with E-state index in [1.165, 1.54) is 0 Å². The van der Waals surface area contributed by atoms with Gasteiger partial charge in [0.05, 0.1) is 12.1 Å². The summed E-state index contributed by atoms with van der Waals surface area (Å²) in [4.78, 5) is 25.6. The molecule has 0 bridgehead atoms. The Morgan fingerprint density at radius 2 is 1.92 bits per heavy atom. The smallest absolute Gasteiger partial charge is 0.251 e. The Morgan fingerprint density at radius 1 is 1.21 bits per heavy atom. The van der Waals surface area contributed by atoms with Crippen LogP contribution in [-0.2, 0) is 4.79 Å². The summed E-state index contributed by atoms with van der Waals surface area (Å²) in [5.41, 5.74) is 1.33. The molecule has 24 heavy (non-hydrogen) atoms. The molecule has 0 fully saturated rings. The molecular weight excluding hydrogens is 315 g/mol. The van der Waals surface area contributed by atoms with E-state index in [-0.39, 0.29) is 5.56 Å². The van der Waals surface area contributed by atoms with Crippen LogP contribution < -0.4 is 10.9 Å². The van der Waals surface area contributed by atoms with Crippen LogP contribution >= 0.6 is 0 Å². The number of aromatic nitrogens is 1. The van der Waals surface area contributed by atoms with Gasteiger partial charge in [0, 0.05) is 11.3 Å². The summed E-state index contributed by atoms with van der Waals surface area (Å²) >= 11 is 0. The third-order valence-corrected chi connectivity index (χ3v) is 3.81. The molecule has 0 unspecified atom stereocenters. The summed E-state index contributed by atoms with van der Waals surface area (Å²) in [6.45, 7) is 0.942. The standard InChI is InChI=1S/C16H20N2O6/c1-8-4-9-2-3-10(5-11(9)18-16(8)24)17-12(6-19)14(22)15(23)13(21)7-20/h2-6,12-15,17,20-23H,7H2,1H3,(H,18,24)/t12-,13+,14+,15+/m0/s1/i1-1. The summed E-state index contributed by atoms with van der Waals surface area (Å²) in [6, 6.07) is 5.49. The van der Waals surface area contributed by atoms with Crippen LogP contribution in [0.3, 0.4) is 0 Å². The zero-order chi connectivity index (χ0) is 17.9. The molecule has 4 atom stereocenters. The Morgan fingerprint density at radius 3 is 2.54 bits per heavy atom. The van der Waals surface area contributed by atoms with Crippen molar-refractivity contribution in [2.75, 3.05) is 11.9 Å². The number of carbonyl (C=O) groups is 1. The van der Waals surface area contributed by atoms with Crippen LogP contribution in [-0.4, -0.2) is 62.7 Å². The number of hydrogen-bond donors (Lipinski definition) is 6. The Labute approximate surface area is 137 Å². The van der Waals surface area contributed by atoms with Gasteiger partial charge in [-0.2, -0.15) is 0 Å². The van der Waals surface area contributed by atoms with E-state index >= 15 is 0 Å². The lowest BCUT2D eigenvalue weighted by Crippen LogP contribution is -2.49. The first-order valence-corrected chi connectivity index (χ1v) is 7.38. The number of hydrogen-bond acceptors (Lipinski definition) is 7. The number of anilines is 1. The molecule has 0 aliphatic rings. The van der Waals surface area contributed by atoms with E-state index in [2.05, 4.69) is 10.3 Å². The number of aliphatic hydroxyl groups is 4. The molecule has 1 heterocycles. The van der Waals surface area contributed by atoms with Gasteiger partial charge in [0.1, 0.15) is 30.6 Å². The van der Waals surface area contributed by atoms with Crippen molar-refractivity contribution >= 4 is 22.9 Å². The van der Waals surface area contributed by atoms with Crippen LogP contribution in [0.1, 0.15) is 5.56 Å². The highest BCUT2D eigenvalue weighted by atomic mass is 16.4. The molecule has 0 radical (unpaired) electrons. The van der Waals surface area contributed by atoms with Gasteiger partial charge in [0.25, 0.3) is 5.56 Å². The Kier molecular flexibility index (Phi) is 5.68. The van der Waals surface area contributed by atoms with Crippen LogP contribution in [0.5, 0.6) is 0 Å². The van der Waals surface area contributed by atoms with E-state index in [1.54, 1.807) is 31.2 Å². The fourth-order valence-electron chi connectivity index (χ4n) is 2.34. The molecule has 2 rings (SSSR count). The number of nitrogens with one attached hydrogen (secondary N) is 2. The number of aromatic amines is 1. The molecule has 0 aliphatic carbocycles. The van der Waals surface area contributed by atoms with Gasteiger partial charge >= 0.3 is 0 Å². The Balaban J connectivity index is 2.24. The van der Waals surface area contributed by atoms with Crippen molar-refractivity contribution in [3.63, 3.8) is 0 Å². The molecule has 6 N–H and O–H groups in total. The lowest BCUT2D eigenvalue weighted by Gasteiger charge is -2.26. The summed E-state index contributed by atoms with van der Waals surface area (Å²) in [7, 11) is 0. The number of H-pyrrole nitrogens is 1. The minimum Gasteiger partial charge on any atom is -0.394 e. The second kappa shape index (κ2) is 7.54. The van der Waals surface area contributed by atoms with Crippen molar-refractivity contribution < 1.29 is 25.2 Å². The molecule has 130 valence electrons. The summed E-state index contributed by atoms with van der Waals surface area (Å²) in [5, 5.41) is 41.3. The third-order valence-electron chi connectivity index (χ3n) is 3.81. The van der Waals surface area contributed by atoms with Crippen molar-refractivity contribution in [3.05, 3.63) is 40.2 Å². The van der Waals surface area contributed by atoms with Gasteiger partial charge in [-0.15, -0.1) is 0 Å². The third kappa shape index (κ3) is 3.80. The Hall–Kier alpha value is -2.26. The number of fused-ring (bicyclic) bond motifs is 1. The summed E-state index contributed by atoms with van der Waals surface area (Å²) in [6.07, 6.45) is -4.50. The molecular formula is C16H20N2O6. The average molecular weight is 335 g/mol. The minimum absolute atomic E-state index is 0.229. The molecule has 8 heteroatoms. The number of carbonyl (C=O) groups excluding carboxylic acids is 1. The van der Waals surface area contributed by atoms with Crippen LogP contribution in [0.2, 0.25) is 0 Å². The topological polar surface area (TPSA) is 143 Å². The fourth-order valence-corrected chi connectivity index (χ4v) is 2.34. The molecule has 1 aromatic carbocycles. The SMILES string of the molecule is [11CH3]c1cc2ccc(N[C@@H](C=O)[C@@H](O)[C@H](O)[C@H](O)CO)cc2[nH]c1=O. The van der Waals surface area contributed by atoms with Gasteiger partial charge in [0.2, 0.25) is 0 Å². The highest BCUT2D eigenvalue weighted by molar-refractivity contribution is 5.83. The summed E-state index contributed by atoms with van der Waals surface area (Å²) < 4.78 is 0. The predicted molar refractivity (Wildman–Crippen MR) is 87.9 cm³/mol. The molecule has 0 spiro atoms. The molecule has 0 saturated heterocycles. The highest BCUT2D eigenvalue weighted by Crippen LogP contribution is 2.18. The van der Waals surface area contributed by atoms with E-state index in [4.69, 9.17) is 5.11 Å². The monoisotopic (exact) mass is 335 g/mol. The van der Waals surface area contributed by atoms with E-state index in [1.807, 2.05) is 0 Å². The number of aliphatic hydroxyl groups excluding tert-OH is 4. The molecule has 1 aromatic heterocycles. The maximum atomic E-state index is 11.7. The van der Waals surface area contributed by atoms with Crippen molar-refractivity contribution in [2.45, 2.75) is 31.3 Å². The number of rotatable bonds is 7. The number of aryl methyl sites for hydroxylation is 1. The number of pyridine rings is 1. The van der Waals surface area contributed by atoms with Gasteiger partial charge in [0.15, 0.2) is 0 Å². The zero-order valence-electron chi connectivity index (χ0n) is 13.0. The van der Waals surface area contributed by atoms with Gasteiger partial charge in [-0.3, -0.25) is 4.79 Å². The Bertz CT molecular complexity index is 775. The van der Waals surface area contributed by atoms with E-state index < -0.39 is 31.0 Å². The van der Waals surface area contributed by atoms with Crippen LogP contribution in [0.4, 0.5) is 5.69 Å². The first-order valence-electron chi connectivity index (χ1n) is 7.38. The van der Waals surface area contributed by atoms with Crippen molar-refractivity contribution in [1.82, 2.24) is 4.98 Å². The van der Waals surface area contributed by atoms with E-state index in [9.17, 15) is 24.9 Å². The lowest BCUT2D eigenvalue weighted by atomic mass is 10.0. The van der Waals surface area contributed by atoms with Gasteiger partial charge < -0.3 is 35.5 Å². The average Bonchev–Trinajstić information content (AvgIpc) is 2.58. The normalized spacial score (nSPS) is 16.4. The first-order chi connectivity index (χ1) is 11.4. The fraction of sp³-hybridized carbons (Fsp3) is 0.375. The van der Waals surface area contributed by atoms with Gasteiger partial charge in [-0.05, 0) is 30.5 Å². The summed E-state index contributed by atoms with van der Waals surface area (Å²) in [5.74, 6) is 0. The van der Waals surface area contributed by atoms with Crippen LogP contribution in [0, 0.1) is 6.92 Å². The van der Waals surface area contributed by atoms with Crippen molar-refractivity contribution in [3.8, 4) is 0 Å². The second-order valence-electron chi connectivity index (χ2n) is 5.62. The number of aldehydes is 1. The molecule has 8 nitrogen and oxygen atoms in total. The molecule has 0 aliphatic heterocycles. The lowest BCUT2D eigenvalue weighted by molar-refractivity contribution is -0.117. The number of benzene rings is 1. The maximum Gasteiger partial charge on any atom is 0.251 e. The minimum atomic E-state index is -1.69.